The van der Waals surface area contributed by atoms with E-state index in [9.17, 15) is 52.7 Å². The zero-order valence-electron chi connectivity index (χ0n) is 27.1. The summed E-state index contributed by atoms with van der Waals surface area (Å²) in [6, 6.07) is 0. The second-order valence-corrected chi connectivity index (χ2v) is 10.9. The zero-order valence-corrected chi connectivity index (χ0v) is 27.1. The van der Waals surface area contributed by atoms with Gasteiger partial charge in [0.15, 0.2) is 69.8 Å². The van der Waals surface area contributed by atoms with Crippen LogP contribution in [0.15, 0.2) is 0 Å². The number of benzene rings is 4. The number of rotatable bonds is 10. The summed E-state index contributed by atoms with van der Waals surface area (Å²) in [6.45, 7) is 1.93. The van der Waals surface area contributed by atoms with Crippen molar-refractivity contribution in [3.63, 3.8) is 0 Å². The molecule has 0 saturated heterocycles. The van der Waals surface area contributed by atoms with Crippen molar-refractivity contribution in [3.8, 4) is 0 Å². The Bertz CT molecular complexity index is 1750. The maximum absolute atomic E-state index is 15.4. The fourth-order valence-electron chi connectivity index (χ4n) is 5.49. The molecule has 0 aliphatic carbocycles. The summed E-state index contributed by atoms with van der Waals surface area (Å²) < 4.78 is 309. The van der Waals surface area contributed by atoms with Crippen LogP contribution in [-0.2, 0) is 14.2 Å². The molecule has 0 heterocycles. The normalized spacial score (nSPS) is 12.3. The van der Waals surface area contributed by atoms with E-state index < -0.39 is 144 Å². The number of methoxy groups -OCH3 is 2. The van der Waals surface area contributed by atoms with Crippen molar-refractivity contribution >= 4 is 45.7 Å². The molecular weight excluding hydrogens is 806 g/mol. The fraction of sp³-hybridized carbons (Fsp3) is 0.200. The van der Waals surface area contributed by atoms with Crippen molar-refractivity contribution in [3.05, 3.63) is 116 Å². The van der Waals surface area contributed by atoms with Crippen LogP contribution in [0, 0.1) is 116 Å². The molecule has 3 nitrogen and oxygen atoms in total. The molecule has 4 aromatic carbocycles. The monoisotopic (exact) mass is 819 g/mol. The first-order valence-corrected chi connectivity index (χ1v) is 14.3. The Morgan fingerprint density at radius 2 is 0.545 bits per heavy atom. The van der Waals surface area contributed by atoms with Gasteiger partial charge in [-0.2, -0.15) is 0 Å². The van der Waals surface area contributed by atoms with Crippen molar-refractivity contribution in [2.75, 3.05) is 34.0 Å². The summed E-state index contributed by atoms with van der Waals surface area (Å²) in [5.74, 6) is -71.4. The van der Waals surface area contributed by atoms with Crippen LogP contribution in [0.2, 0.25) is 0 Å². The molecule has 1 unspecified atom stereocenters. The third-order valence-electron chi connectivity index (χ3n) is 7.80. The van der Waals surface area contributed by atoms with E-state index in [1.54, 1.807) is 14.2 Å². The van der Waals surface area contributed by atoms with Gasteiger partial charge in [-0.25, -0.2) is 87.8 Å². The first-order chi connectivity index (χ1) is 25.5. The first-order valence-electron chi connectivity index (χ1n) is 14.3. The van der Waals surface area contributed by atoms with Crippen LogP contribution in [0.3, 0.4) is 0 Å². The van der Waals surface area contributed by atoms with Crippen LogP contribution in [0.4, 0.5) is 87.8 Å². The molecule has 0 N–H and O–H groups in total. The third kappa shape index (κ3) is 7.50. The summed E-state index contributed by atoms with van der Waals surface area (Å²) in [7, 11) is 3.32. The fourth-order valence-corrected chi connectivity index (χ4v) is 5.49. The average molecular weight is 819 g/mol. The van der Waals surface area contributed by atoms with Crippen molar-refractivity contribution in [2.45, 2.75) is 4.78 Å². The molecule has 0 bridgehead atoms. The standard InChI is InChI=1S/C24BF20.C6H13O3.Li/c26-5-1(6(27)14(35)21(42)13(5)34)25(2-7(28)15(36)22(43)16(37)8(2)29,3-9(30)17(38)23(44)18(39)10(3)31)4-11(32)19(40)24(45)20(41)12(4)33;1-7-3-5-9-6-4-8-2;/h;5H,3-4,6H2,1-2H3;/q-1;;. The molecule has 0 aromatic heterocycles. The van der Waals surface area contributed by atoms with Crippen LogP contribution in [0.1, 0.15) is 0 Å². The van der Waals surface area contributed by atoms with E-state index >= 15 is 35.1 Å². The van der Waals surface area contributed by atoms with Crippen molar-refractivity contribution in [1.29, 1.82) is 0 Å². The summed E-state index contributed by atoms with van der Waals surface area (Å²) in [5.41, 5.74) is -14.3. The molecule has 4 rings (SSSR count). The van der Waals surface area contributed by atoms with Crippen molar-refractivity contribution < 1.29 is 102 Å². The van der Waals surface area contributed by atoms with Gasteiger partial charge >= 0.3 is 70.7 Å². The Hall–Kier alpha value is -3.98. The van der Waals surface area contributed by atoms with Gasteiger partial charge in [-0.15, -0.1) is 21.9 Å². The van der Waals surface area contributed by atoms with Crippen LogP contribution in [0.5, 0.6) is 0 Å². The zero-order chi connectivity index (χ0) is 42.2. The van der Waals surface area contributed by atoms with Gasteiger partial charge in [-0.3, -0.25) is 0 Å². The molecule has 0 saturated carbocycles. The Morgan fingerprint density at radius 3 is 0.727 bits per heavy atom. The van der Waals surface area contributed by atoms with Gasteiger partial charge in [0.05, 0.1) is 0 Å². The Labute approximate surface area is 302 Å². The van der Waals surface area contributed by atoms with Gasteiger partial charge in [0.2, 0.25) is 0 Å². The number of hydrogen-bond donors (Lipinski definition) is 0. The molecule has 0 aliphatic heterocycles. The number of halogens is 20. The van der Waals surface area contributed by atoms with Crippen molar-refractivity contribution in [2.24, 2.45) is 0 Å². The predicted molar refractivity (Wildman–Crippen MR) is 148 cm³/mol. The molecule has 0 amide bonds. The Morgan fingerprint density at radius 1 is 0.345 bits per heavy atom. The summed E-state index contributed by atoms with van der Waals surface area (Å²) >= 11 is 1.97. The van der Waals surface area contributed by atoms with E-state index in [2.05, 4.69) is 0 Å². The second kappa shape index (κ2) is 17.4. The molecule has 0 aliphatic rings. The van der Waals surface area contributed by atoms with E-state index in [4.69, 9.17) is 14.2 Å². The Balaban J connectivity index is 0.000000712. The molecular formula is C30H13BF20LiO3-. The molecule has 0 spiro atoms. The van der Waals surface area contributed by atoms with Crippen molar-refractivity contribution in [1.82, 2.24) is 0 Å². The summed E-state index contributed by atoms with van der Waals surface area (Å²) in [5, 5.41) is 0. The first kappa shape index (κ1) is 45.4. The summed E-state index contributed by atoms with van der Waals surface area (Å²) in [6.07, 6.45) is -7.22. The second-order valence-electron chi connectivity index (χ2n) is 10.9. The summed E-state index contributed by atoms with van der Waals surface area (Å²) in [4.78, 5) is 0. The molecule has 55 heavy (non-hydrogen) atoms. The SMILES string of the molecule is Fc1c(F)c(F)c([B-](c2c(F)c(F)c(F)c(F)c2F)(c2c(F)c(F)c(F)c(F)c2F)c2c(F)c(F)c(F)c(F)c2F)c(F)c1F.[Li][CH](COC)OCCOC. The predicted octanol–water partition coefficient (Wildman–Crippen LogP) is 5.64. The van der Waals surface area contributed by atoms with Gasteiger partial charge in [0.1, 0.15) is 52.7 Å². The van der Waals surface area contributed by atoms with Crippen LogP contribution in [0.25, 0.3) is 0 Å². The molecule has 0 radical (unpaired) electrons. The van der Waals surface area contributed by atoms with Gasteiger partial charge in [-0.1, -0.05) is 0 Å². The maximum atomic E-state index is 15.4. The molecule has 1 atom stereocenters. The third-order valence-corrected chi connectivity index (χ3v) is 7.80. The van der Waals surface area contributed by atoms with E-state index in [-0.39, 0.29) is 4.78 Å². The number of ether oxygens (including phenoxy) is 3. The van der Waals surface area contributed by atoms with E-state index in [0.717, 1.165) is 0 Å². The average Bonchev–Trinajstić information content (AvgIpc) is 3.15. The van der Waals surface area contributed by atoms with Gasteiger partial charge < -0.3 is 0 Å². The molecule has 0 fully saturated rings. The molecule has 4 aromatic rings. The minimum atomic E-state index is -7.22. The molecule has 296 valence electrons. The van der Waals surface area contributed by atoms with Crippen LogP contribution in [-0.4, -0.2) is 62.7 Å². The quantitative estimate of drug-likeness (QED) is 0.0683. The van der Waals surface area contributed by atoms with E-state index in [0.29, 0.717) is 19.8 Å². The Kier molecular flexibility index (Phi) is 14.4. The van der Waals surface area contributed by atoms with Gasteiger partial charge in [0, 0.05) is 0 Å². The van der Waals surface area contributed by atoms with Crippen LogP contribution < -0.4 is 21.9 Å². The topological polar surface area (TPSA) is 27.7 Å². The van der Waals surface area contributed by atoms with E-state index in [1.165, 1.54) is 0 Å². The number of hydrogen-bond acceptors (Lipinski definition) is 3. The van der Waals surface area contributed by atoms with Crippen LogP contribution >= 0.6 is 0 Å². The van der Waals surface area contributed by atoms with Gasteiger partial charge in [0.25, 0.3) is 0 Å². The van der Waals surface area contributed by atoms with Gasteiger partial charge in [-0.05, 0) is 0 Å². The minimum absolute atomic E-state index is 0.167. The van der Waals surface area contributed by atoms with E-state index in [1.807, 2.05) is 17.7 Å². The molecule has 25 heteroatoms.